The van der Waals surface area contributed by atoms with E-state index in [0.29, 0.717) is 11.7 Å². The largest absolute Gasteiger partial charge is 0.342 e. The Hall–Kier alpha value is -3.67. The van der Waals surface area contributed by atoms with Gasteiger partial charge in [-0.25, -0.2) is 0 Å². The third kappa shape index (κ3) is 2.30. The van der Waals surface area contributed by atoms with E-state index in [1.807, 2.05) is 55.6 Å². The van der Waals surface area contributed by atoms with Crippen molar-refractivity contribution in [1.29, 1.82) is 0 Å². The minimum Gasteiger partial charge on any atom is -0.342 e. The van der Waals surface area contributed by atoms with Crippen LogP contribution in [0.25, 0.3) is 39.0 Å². The standard InChI is InChI=1S/C21H16N4O2/c1-13-22-21(23-27-13)14-7-9-15(10-8-14)25-19(26)12-11-18-20(25)16-5-3-4-6-17(16)24(18)2/h3-12H,1-2H3. The number of fused-ring (bicyclic) bond motifs is 3. The normalized spacial score (nSPS) is 11.5. The summed E-state index contributed by atoms with van der Waals surface area (Å²) in [6, 6.07) is 19.2. The number of hydrogen-bond acceptors (Lipinski definition) is 4. The van der Waals surface area contributed by atoms with Gasteiger partial charge in [-0.1, -0.05) is 23.4 Å². The number of aromatic nitrogens is 4. The van der Waals surface area contributed by atoms with E-state index in [9.17, 15) is 4.79 Å². The molecule has 132 valence electrons. The Balaban J connectivity index is 1.76. The van der Waals surface area contributed by atoms with E-state index in [2.05, 4.69) is 20.8 Å². The number of para-hydroxylation sites is 1. The van der Waals surface area contributed by atoms with Crippen LogP contribution in [0.15, 0.2) is 70.0 Å². The van der Waals surface area contributed by atoms with Crippen molar-refractivity contribution in [2.75, 3.05) is 0 Å². The van der Waals surface area contributed by atoms with Gasteiger partial charge < -0.3 is 9.09 Å². The van der Waals surface area contributed by atoms with Crippen molar-refractivity contribution in [1.82, 2.24) is 19.3 Å². The van der Waals surface area contributed by atoms with E-state index in [1.54, 1.807) is 17.6 Å². The molecule has 0 fully saturated rings. The van der Waals surface area contributed by atoms with Crippen molar-refractivity contribution in [2.45, 2.75) is 6.92 Å². The molecule has 27 heavy (non-hydrogen) atoms. The zero-order chi connectivity index (χ0) is 18.5. The molecule has 0 unspecified atom stereocenters. The first-order chi connectivity index (χ1) is 13.1. The maximum absolute atomic E-state index is 12.8. The van der Waals surface area contributed by atoms with Crippen molar-refractivity contribution in [3.05, 3.63) is 76.9 Å². The average molecular weight is 356 g/mol. The number of nitrogens with zero attached hydrogens (tertiary/aromatic N) is 4. The molecule has 0 aliphatic rings. The van der Waals surface area contributed by atoms with Gasteiger partial charge in [-0.05, 0) is 36.4 Å². The molecule has 3 aromatic heterocycles. The molecule has 6 nitrogen and oxygen atoms in total. The molecule has 0 aliphatic carbocycles. The summed E-state index contributed by atoms with van der Waals surface area (Å²) in [5, 5.41) is 4.99. The van der Waals surface area contributed by atoms with Crippen LogP contribution in [-0.4, -0.2) is 19.3 Å². The van der Waals surface area contributed by atoms with Gasteiger partial charge in [0.25, 0.3) is 5.56 Å². The summed E-state index contributed by atoms with van der Waals surface area (Å²) in [6.45, 7) is 1.76. The highest BCUT2D eigenvalue weighted by atomic mass is 16.5. The SMILES string of the molecule is Cc1nc(-c2ccc(-n3c(=O)ccc4c3c3ccccc3n4C)cc2)no1. The maximum atomic E-state index is 12.8. The highest BCUT2D eigenvalue weighted by Gasteiger charge is 2.14. The van der Waals surface area contributed by atoms with Gasteiger partial charge in [0.15, 0.2) is 0 Å². The Morgan fingerprint density at radius 3 is 2.44 bits per heavy atom. The van der Waals surface area contributed by atoms with Gasteiger partial charge >= 0.3 is 0 Å². The first-order valence-corrected chi connectivity index (χ1v) is 8.64. The van der Waals surface area contributed by atoms with Crippen molar-refractivity contribution in [3.63, 3.8) is 0 Å². The van der Waals surface area contributed by atoms with Crippen LogP contribution in [0.3, 0.4) is 0 Å². The Labute approximate surface area is 154 Å². The quantitative estimate of drug-likeness (QED) is 0.482. The third-order valence-corrected chi connectivity index (χ3v) is 4.86. The summed E-state index contributed by atoms with van der Waals surface area (Å²) in [5.41, 5.74) is 4.57. The molecule has 0 N–H and O–H groups in total. The second-order valence-corrected chi connectivity index (χ2v) is 6.50. The molecule has 0 saturated carbocycles. The second-order valence-electron chi connectivity index (χ2n) is 6.50. The summed E-state index contributed by atoms with van der Waals surface area (Å²) >= 11 is 0. The summed E-state index contributed by atoms with van der Waals surface area (Å²) in [5.74, 6) is 1.06. The molecule has 5 aromatic rings. The summed E-state index contributed by atoms with van der Waals surface area (Å²) in [7, 11) is 2.02. The minimum absolute atomic E-state index is 0.0676. The molecule has 3 heterocycles. The van der Waals surface area contributed by atoms with Crippen LogP contribution < -0.4 is 5.56 Å². The van der Waals surface area contributed by atoms with Crippen molar-refractivity contribution < 1.29 is 4.52 Å². The molecule has 5 rings (SSSR count). The van der Waals surface area contributed by atoms with Crippen LogP contribution in [0.1, 0.15) is 5.89 Å². The predicted octanol–water partition coefficient (Wildman–Crippen LogP) is 3.84. The summed E-state index contributed by atoms with van der Waals surface area (Å²) in [6.07, 6.45) is 0. The lowest BCUT2D eigenvalue weighted by molar-refractivity contribution is 0.394. The molecule has 0 aliphatic heterocycles. The van der Waals surface area contributed by atoms with Crippen molar-refractivity contribution in [3.8, 4) is 17.1 Å². The molecule has 0 bridgehead atoms. The first-order valence-electron chi connectivity index (χ1n) is 8.64. The average Bonchev–Trinajstić information content (AvgIpc) is 3.25. The fraction of sp³-hybridized carbons (Fsp3) is 0.0952. The lowest BCUT2D eigenvalue weighted by Crippen LogP contribution is -2.17. The predicted molar refractivity (Wildman–Crippen MR) is 104 cm³/mol. The van der Waals surface area contributed by atoms with E-state index in [0.717, 1.165) is 33.2 Å². The van der Waals surface area contributed by atoms with E-state index in [4.69, 9.17) is 4.52 Å². The van der Waals surface area contributed by atoms with Crippen LogP contribution in [-0.2, 0) is 7.05 Å². The first kappa shape index (κ1) is 15.6. The van der Waals surface area contributed by atoms with Crippen LogP contribution >= 0.6 is 0 Å². The van der Waals surface area contributed by atoms with E-state index >= 15 is 0 Å². The van der Waals surface area contributed by atoms with Gasteiger partial charge in [-0.3, -0.25) is 9.36 Å². The number of benzene rings is 2. The number of pyridine rings is 1. The Bertz CT molecular complexity index is 1360. The van der Waals surface area contributed by atoms with Crippen molar-refractivity contribution >= 4 is 21.9 Å². The highest BCUT2D eigenvalue weighted by Crippen LogP contribution is 2.29. The molecule has 2 aromatic carbocycles. The summed E-state index contributed by atoms with van der Waals surface area (Å²) in [4.78, 5) is 17.0. The van der Waals surface area contributed by atoms with Crippen molar-refractivity contribution in [2.24, 2.45) is 7.05 Å². The van der Waals surface area contributed by atoms with Gasteiger partial charge in [0.2, 0.25) is 11.7 Å². The van der Waals surface area contributed by atoms with E-state index in [-0.39, 0.29) is 5.56 Å². The lowest BCUT2D eigenvalue weighted by Gasteiger charge is -2.09. The van der Waals surface area contributed by atoms with Crippen LogP contribution in [0, 0.1) is 6.92 Å². The second kappa shape index (κ2) is 5.67. The Morgan fingerprint density at radius 1 is 0.926 bits per heavy atom. The smallest absolute Gasteiger partial charge is 0.255 e. The van der Waals surface area contributed by atoms with Gasteiger partial charge in [-0.15, -0.1) is 0 Å². The Kier molecular flexibility index (Phi) is 3.27. The fourth-order valence-corrected chi connectivity index (χ4v) is 3.59. The summed E-state index contributed by atoms with van der Waals surface area (Å²) < 4.78 is 8.90. The Morgan fingerprint density at radius 2 is 1.70 bits per heavy atom. The third-order valence-electron chi connectivity index (χ3n) is 4.86. The van der Waals surface area contributed by atoms with Gasteiger partial charge in [0, 0.05) is 36.7 Å². The van der Waals surface area contributed by atoms with Crippen LogP contribution in [0.5, 0.6) is 0 Å². The highest BCUT2D eigenvalue weighted by molar-refractivity contribution is 6.06. The van der Waals surface area contributed by atoms with Gasteiger partial charge in [-0.2, -0.15) is 4.98 Å². The number of hydrogen-bond donors (Lipinski definition) is 0. The maximum Gasteiger partial charge on any atom is 0.255 e. The number of rotatable bonds is 2. The van der Waals surface area contributed by atoms with Gasteiger partial charge in [0.05, 0.1) is 16.6 Å². The molecule has 6 heteroatoms. The molecular weight excluding hydrogens is 340 g/mol. The molecule has 0 saturated heterocycles. The molecule has 0 amide bonds. The van der Waals surface area contributed by atoms with E-state index in [1.165, 1.54) is 0 Å². The zero-order valence-corrected chi connectivity index (χ0v) is 14.9. The molecule has 0 atom stereocenters. The van der Waals surface area contributed by atoms with Crippen LogP contribution in [0.2, 0.25) is 0 Å². The number of aryl methyl sites for hydroxylation is 2. The van der Waals surface area contributed by atoms with Crippen LogP contribution in [0.4, 0.5) is 0 Å². The monoisotopic (exact) mass is 356 g/mol. The van der Waals surface area contributed by atoms with E-state index < -0.39 is 0 Å². The van der Waals surface area contributed by atoms with Gasteiger partial charge in [0.1, 0.15) is 0 Å². The lowest BCUT2D eigenvalue weighted by atomic mass is 10.1. The molecule has 0 spiro atoms. The molecular formula is C21H16N4O2. The minimum atomic E-state index is -0.0676. The fourth-order valence-electron chi connectivity index (χ4n) is 3.59. The zero-order valence-electron chi connectivity index (χ0n) is 14.9. The topological polar surface area (TPSA) is 65.8 Å². The molecule has 0 radical (unpaired) electrons.